The van der Waals surface area contributed by atoms with Crippen molar-refractivity contribution >= 4 is 5.91 Å². The third-order valence-electron chi connectivity index (χ3n) is 4.89. The van der Waals surface area contributed by atoms with Crippen LogP contribution in [0.1, 0.15) is 30.1 Å². The second-order valence-corrected chi connectivity index (χ2v) is 6.60. The van der Waals surface area contributed by atoms with Gasteiger partial charge in [-0.15, -0.1) is 5.10 Å². The summed E-state index contributed by atoms with van der Waals surface area (Å²) in [5, 5.41) is 8.27. The molecular formula is C18H22N4O3. The Bertz CT molecular complexity index is 760. The van der Waals surface area contributed by atoms with E-state index in [4.69, 9.17) is 9.47 Å². The molecule has 3 heterocycles. The molecule has 0 saturated carbocycles. The van der Waals surface area contributed by atoms with Crippen LogP contribution in [0, 0.1) is 0 Å². The van der Waals surface area contributed by atoms with Gasteiger partial charge in [-0.1, -0.05) is 23.4 Å². The molecule has 2 aliphatic heterocycles. The van der Waals surface area contributed by atoms with Gasteiger partial charge in [0.1, 0.15) is 11.4 Å². The molecule has 7 heteroatoms. The molecular weight excluding hydrogens is 320 g/mol. The van der Waals surface area contributed by atoms with Crippen molar-refractivity contribution in [2.45, 2.75) is 38.0 Å². The first-order valence-electron chi connectivity index (χ1n) is 8.67. The maximum atomic E-state index is 12.8. The highest BCUT2D eigenvalue weighted by Gasteiger charge is 2.34. The summed E-state index contributed by atoms with van der Waals surface area (Å²) >= 11 is 0. The van der Waals surface area contributed by atoms with E-state index in [2.05, 4.69) is 16.4 Å². The largest absolute Gasteiger partial charge is 0.480 e. The van der Waals surface area contributed by atoms with Crippen molar-refractivity contribution in [2.24, 2.45) is 0 Å². The molecule has 132 valence electrons. The molecule has 2 aromatic rings. The Morgan fingerprint density at radius 1 is 1.36 bits per heavy atom. The summed E-state index contributed by atoms with van der Waals surface area (Å²) in [5.74, 6) is 0.914. The number of aryl methyl sites for hydroxylation is 1. The van der Waals surface area contributed by atoms with Crippen molar-refractivity contribution in [1.82, 2.24) is 19.9 Å². The first kappa shape index (κ1) is 16.1. The van der Waals surface area contributed by atoms with Gasteiger partial charge in [0.25, 0.3) is 5.91 Å². The fourth-order valence-corrected chi connectivity index (χ4v) is 3.57. The summed E-state index contributed by atoms with van der Waals surface area (Å²) in [6.45, 7) is 1.82. The highest BCUT2D eigenvalue weighted by atomic mass is 16.5. The molecule has 0 spiro atoms. The summed E-state index contributed by atoms with van der Waals surface area (Å²) < 4.78 is 12.9. The van der Waals surface area contributed by atoms with Gasteiger partial charge in [-0.2, -0.15) is 0 Å². The van der Waals surface area contributed by atoms with Crippen LogP contribution < -0.4 is 4.74 Å². The second kappa shape index (κ2) is 6.84. The van der Waals surface area contributed by atoms with Crippen molar-refractivity contribution < 1.29 is 14.3 Å². The van der Waals surface area contributed by atoms with Gasteiger partial charge in [0.15, 0.2) is 6.10 Å². The Labute approximate surface area is 146 Å². The number of carbonyl (C=O) groups excluding carboxylic acids is 1. The quantitative estimate of drug-likeness (QED) is 0.844. The predicted molar refractivity (Wildman–Crippen MR) is 90.1 cm³/mol. The van der Waals surface area contributed by atoms with Crippen LogP contribution >= 0.6 is 0 Å². The van der Waals surface area contributed by atoms with Crippen LogP contribution in [-0.2, 0) is 22.6 Å². The number of para-hydroxylation sites is 1. The van der Waals surface area contributed by atoms with Crippen molar-refractivity contribution in [2.75, 3.05) is 20.2 Å². The van der Waals surface area contributed by atoms with Gasteiger partial charge in [-0.25, -0.2) is 4.68 Å². The molecule has 1 aromatic carbocycles. The van der Waals surface area contributed by atoms with Crippen LogP contribution in [0.4, 0.5) is 0 Å². The Morgan fingerprint density at radius 3 is 3.12 bits per heavy atom. The van der Waals surface area contributed by atoms with Crippen molar-refractivity contribution in [3.05, 3.63) is 41.7 Å². The summed E-state index contributed by atoms with van der Waals surface area (Å²) in [7, 11) is 1.64. The molecule has 25 heavy (non-hydrogen) atoms. The van der Waals surface area contributed by atoms with E-state index >= 15 is 0 Å². The average Bonchev–Trinajstić information content (AvgIpc) is 3.30. The third-order valence-corrected chi connectivity index (χ3v) is 4.89. The van der Waals surface area contributed by atoms with Crippen molar-refractivity contribution in [3.8, 4) is 5.75 Å². The van der Waals surface area contributed by atoms with Gasteiger partial charge in [-0.05, 0) is 30.9 Å². The molecule has 1 aromatic heterocycles. The minimum atomic E-state index is -0.381. The van der Waals surface area contributed by atoms with E-state index < -0.39 is 0 Å². The normalized spacial score (nSPS) is 22.5. The molecule has 0 radical (unpaired) electrons. The fourth-order valence-electron chi connectivity index (χ4n) is 3.57. The third kappa shape index (κ3) is 3.24. The number of aromatic nitrogens is 3. The first-order chi connectivity index (χ1) is 12.2. The maximum absolute atomic E-state index is 12.8. The van der Waals surface area contributed by atoms with Crippen LogP contribution in [0.5, 0.6) is 5.75 Å². The van der Waals surface area contributed by atoms with E-state index in [9.17, 15) is 4.79 Å². The van der Waals surface area contributed by atoms with Gasteiger partial charge in [-0.3, -0.25) is 4.79 Å². The number of hydrogen-bond donors (Lipinski definition) is 0. The molecule has 2 atom stereocenters. The van der Waals surface area contributed by atoms with Crippen LogP contribution in [0.15, 0.2) is 30.5 Å². The van der Waals surface area contributed by atoms with Gasteiger partial charge in [0, 0.05) is 20.2 Å². The number of nitrogens with zero attached hydrogens (tertiary/aromatic N) is 4. The Hall–Kier alpha value is -2.41. The van der Waals surface area contributed by atoms with Crippen LogP contribution in [0.25, 0.3) is 0 Å². The second-order valence-electron chi connectivity index (χ2n) is 6.60. The fraction of sp³-hybridized carbons (Fsp3) is 0.500. The number of likely N-dealkylation sites (tertiary alicyclic amines) is 1. The van der Waals surface area contributed by atoms with Gasteiger partial charge >= 0.3 is 0 Å². The van der Waals surface area contributed by atoms with Crippen molar-refractivity contribution in [3.63, 3.8) is 0 Å². The van der Waals surface area contributed by atoms with Crippen molar-refractivity contribution in [1.29, 1.82) is 0 Å². The van der Waals surface area contributed by atoms with Gasteiger partial charge in [0.05, 0.1) is 18.8 Å². The minimum Gasteiger partial charge on any atom is -0.480 e. The zero-order chi connectivity index (χ0) is 17.2. The molecule has 0 N–H and O–H groups in total. The highest BCUT2D eigenvalue weighted by molar-refractivity contribution is 5.82. The lowest BCUT2D eigenvalue weighted by molar-refractivity contribution is -0.138. The monoisotopic (exact) mass is 342 g/mol. The Balaban J connectivity index is 1.39. The van der Waals surface area contributed by atoms with Crippen LogP contribution in [-0.4, -0.2) is 52.1 Å². The molecule has 1 amide bonds. The standard InChI is InChI=1S/C18H22N4O3/c1-24-12-14-10-22(20-19-14)15-8-9-21(11-15)18(23)17-7-6-13-4-2-3-5-16(13)25-17/h2-5,10,15,17H,6-9,11-12H2,1H3/t15-,17+/m0/s1. The lowest BCUT2D eigenvalue weighted by Gasteiger charge is -2.28. The van der Waals surface area contributed by atoms with E-state index in [0.29, 0.717) is 13.2 Å². The molecule has 1 saturated heterocycles. The lowest BCUT2D eigenvalue weighted by Crippen LogP contribution is -2.42. The lowest BCUT2D eigenvalue weighted by atomic mass is 10.0. The van der Waals surface area contributed by atoms with E-state index in [1.54, 1.807) is 7.11 Å². The number of fused-ring (bicyclic) bond motifs is 1. The van der Waals surface area contributed by atoms with E-state index in [1.165, 1.54) is 5.56 Å². The van der Waals surface area contributed by atoms with Gasteiger partial charge < -0.3 is 14.4 Å². The number of methoxy groups -OCH3 is 1. The number of benzene rings is 1. The maximum Gasteiger partial charge on any atom is 0.263 e. The molecule has 4 rings (SSSR count). The number of ether oxygens (including phenoxy) is 2. The molecule has 1 fully saturated rings. The Kier molecular flexibility index (Phi) is 4.40. The number of rotatable bonds is 4. The van der Waals surface area contributed by atoms with E-state index in [-0.39, 0.29) is 18.1 Å². The molecule has 0 unspecified atom stereocenters. The highest BCUT2D eigenvalue weighted by Crippen LogP contribution is 2.29. The topological polar surface area (TPSA) is 69.5 Å². The Morgan fingerprint density at radius 2 is 2.24 bits per heavy atom. The predicted octanol–water partition coefficient (Wildman–Crippen LogP) is 1.59. The number of hydrogen-bond acceptors (Lipinski definition) is 5. The molecule has 2 aliphatic rings. The summed E-state index contributed by atoms with van der Waals surface area (Å²) in [4.78, 5) is 14.7. The van der Waals surface area contributed by atoms with Crippen LogP contribution in [0.3, 0.4) is 0 Å². The van der Waals surface area contributed by atoms with Crippen LogP contribution in [0.2, 0.25) is 0 Å². The number of amides is 1. The summed E-state index contributed by atoms with van der Waals surface area (Å²) in [5.41, 5.74) is 1.98. The zero-order valence-corrected chi connectivity index (χ0v) is 14.3. The van der Waals surface area contributed by atoms with Gasteiger partial charge in [0.2, 0.25) is 0 Å². The minimum absolute atomic E-state index is 0.0780. The zero-order valence-electron chi connectivity index (χ0n) is 14.3. The average molecular weight is 342 g/mol. The molecule has 0 aliphatic carbocycles. The smallest absolute Gasteiger partial charge is 0.263 e. The number of carbonyl (C=O) groups is 1. The summed E-state index contributed by atoms with van der Waals surface area (Å²) in [6, 6.07) is 8.11. The SMILES string of the molecule is COCc1cn([C@H]2CCN(C(=O)[C@H]3CCc4ccccc4O3)C2)nn1. The van der Waals surface area contributed by atoms with E-state index in [0.717, 1.165) is 37.3 Å². The molecule has 7 nitrogen and oxygen atoms in total. The summed E-state index contributed by atoms with van der Waals surface area (Å²) in [6.07, 6.45) is 4.01. The first-order valence-corrected chi connectivity index (χ1v) is 8.67. The molecule has 0 bridgehead atoms. The van der Waals surface area contributed by atoms with E-state index in [1.807, 2.05) is 34.0 Å².